The smallest absolute Gasteiger partial charge is 0.245 e. The number of nitrogens with one attached hydrogen (secondary N) is 1. The Hall–Kier alpha value is -0.750. The number of amides is 2. The first-order chi connectivity index (χ1) is 9.08. The predicted octanol–water partition coefficient (Wildman–Crippen LogP) is 0.161. The van der Waals surface area contributed by atoms with Gasteiger partial charge in [0.2, 0.25) is 11.8 Å². The van der Waals surface area contributed by atoms with Gasteiger partial charge in [0.25, 0.3) is 0 Å². The number of nitrogens with zero attached hydrogens (tertiary/aromatic N) is 2. The molecular formula is C13H23N3O2S. The lowest BCUT2D eigenvalue weighted by atomic mass is 10.1. The molecule has 2 saturated heterocycles. The first-order valence-electron chi connectivity index (χ1n) is 6.90. The molecule has 19 heavy (non-hydrogen) atoms. The van der Waals surface area contributed by atoms with Gasteiger partial charge < -0.3 is 15.1 Å². The predicted molar refractivity (Wildman–Crippen MR) is 77.2 cm³/mol. The van der Waals surface area contributed by atoms with E-state index in [1.165, 1.54) is 0 Å². The molecule has 0 aliphatic carbocycles. The Labute approximate surface area is 119 Å². The molecule has 2 rings (SSSR count). The summed E-state index contributed by atoms with van der Waals surface area (Å²) in [5.41, 5.74) is 0. The highest BCUT2D eigenvalue weighted by Crippen LogP contribution is 2.20. The Kier molecular flexibility index (Phi) is 5.10. The molecule has 5 nitrogen and oxygen atoms in total. The van der Waals surface area contributed by atoms with Crippen LogP contribution in [0.25, 0.3) is 0 Å². The van der Waals surface area contributed by atoms with Crippen molar-refractivity contribution in [3.8, 4) is 0 Å². The van der Waals surface area contributed by atoms with E-state index in [2.05, 4.69) is 10.2 Å². The zero-order valence-corrected chi connectivity index (χ0v) is 12.5. The maximum atomic E-state index is 12.6. The van der Waals surface area contributed by atoms with Crippen molar-refractivity contribution in [3.63, 3.8) is 0 Å². The highest BCUT2D eigenvalue weighted by molar-refractivity contribution is 7.99. The van der Waals surface area contributed by atoms with E-state index in [4.69, 9.17) is 0 Å². The minimum Gasteiger partial charge on any atom is -0.344 e. The second kappa shape index (κ2) is 6.61. The van der Waals surface area contributed by atoms with Crippen molar-refractivity contribution >= 4 is 23.6 Å². The van der Waals surface area contributed by atoms with Gasteiger partial charge in [0.05, 0.1) is 6.04 Å². The van der Waals surface area contributed by atoms with Crippen LogP contribution in [0, 0.1) is 0 Å². The first-order valence-corrected chi connectivity index (χ1v) is 8.05. The van der Waals surface area contributed by atoms with Gasteiger partial charge in [-0.25, -0.2) is 0 Å². The molecule has 0 saturated carbocycles. The normalized spacial score (nSPS) is 28.4. The van der Waals surface area contributed by atoms with Crippen LogP contribution in [-0.2, 0) is 9.59 Å². The van der Waals surface area contributed by atoms with Crippen molar-refractivity contribution < 1.29 is 9.59 Å². The standard InChI is InChI=1S/C13H23N3O2S/c1-15(2)8-10-9-19-7-3-6-16(10)13(18)11-4-5-12(17)14-11/h10-11H,3-9H2,1-2H3,(H,14,17). The van der Waals surface area contributed by atoms with E-state index in [9.17, 15) is 9.59 Å². The Morgan fingerprint density at radius 3 is 2.95 bits per heavy atom. The summed E-state index contributed by atoms with van der Waals surface area (Å²) in [6.07, 6.45) is 2.17. The molecule has 2 fully saturated rings. The van der Waals surface area contributed by atoms with Crippen LogP contribution in [0.3, 0.4) is 0 Å². The highest BCUT2D eigenvalue weighted by atomic mass is 32.2. The van der Waals surface area contributed by atoms with Crippen LogP contribution in [0.2, 0.25) is 0 Å². The van der Waals surface area contributed by atoms with Crippen LogP contribution in [-0.4, -0.2) is 72.4 Å². The van der Waals surface area contributed by atoms with E-state index in [0.717, 1.165) is 31.0 Å². The fourth-order valence-corrected chi connectivity index (χ4v) is 3.75. The van der Waals surface area contributed by atoms with Gasteiger partial charge in [0, 0.05) is 25.3 Å². The van der Waals surface area contributed by atoms with Crippen LogP contribution in [0.1, 0.15) is 19.3 Å². The molecular weight excluding hydrogens is 262 g/mol. The number of thioether (sulfide) groups is 1. The van der Waals surface area contributed by atoms with E-state index in [1.54, 1.807) is 0 Å². The minimum absolute atomic E-state index is 0.00621. The van der Waals surface area contributed by atoms with E-state index >= 15 is 0 Å². The summed E-state index contributed by atoms with van der Waals surface area (Å²) in [5.74, 6) is 2.22. The van der Waals surface area contributed by atoms with Gasteiger partial charge in [-0.3, -0.25) is 9.59 Å². The number of hydrogen-bond donors (Lipinski definition) is 1. The van der Waals surface area contributed by atoms with Crippen molar-refractivity contribution in [1.29, 1.82) is 0 Å². The van der Waals surface area contributed by atoms with Crippen molar-refractivity contribution in [2.75, 3.05) is 38.7 Å². The van der Waals surface area contributed by atoms with Crippen LogP contribution in [0.15, 0.2) is 0 Å². The SMILES string of the molecule is CN(C)CC1CSCCCN1C(=O)C1CCC(=O)N1. The van der Waals surface area contributed by atoms with E-state index in [-0.39, 0.29) is 23.9 Å². The molecule has 0 aromatic heterocycles. The first kappa shape index (κ1) is 14.7. The lowest BCUT2D eigenvalue weighted by Gasteiger charge is -2.33. The maximum Gasteiger partial charge on any atom is 0.245 e. The third kappa shape index (κ3) is 3.86. The van der Waals surface area contributed by atoms with Crippen molar-refractivity contribution in [2.24, 2.45) is 0 Å². The van der Waals surface area contributed by atoms with Gasteiger partial charge in [-0.15, -0.1) is 0 Å². The maximum absolute atomic E-state index is 12.6. The molecule has 6 heteroatoms. The molecule has 1 N–H and O–H groups in total. The van der Waals surface area contributed by atoms with Crippen LogP contribution >= 0.6 is 11.8 Å². The second-order valence-corrected chi connectivity index (χ2v) is 6.68. The average Bonchev–Trinajstić information content (AvgIpc) is 2.65. The van der Waals surface area contributed by atoms with Crippen molar-refractivity contribution in [2.45, 2.75) is 31.3 Å². The summed E-state index contributed by atoms with van der Waals surface area (Å²) in [4.78, 5) is 28.0. The summed E-state index contributed by atoms with van der Waals surface area (Å²) < 4.78 is 0. The lowest BCUT2D eigenvalue weighted by molar-refractivity contribution is -0.136. The number of carbonyl (C=O) groups excluding carboxylic acids is 2. The molecule has 0 spiro atoms. The van der Waals surface area contributed by atoms with Crippen LogP contribution in [0.4, 0.5) is 0 Å². The topological polar surface area (TPSA) is 52.7 Å². The molecule has 2 unspecified atom stereocenters. The molecule has 0 bridgehead atoms. The molecule has 0 aromatic rings. The molecule has 0 aromatic carbocycles. The lowest BCUT2D eigenvalue weighted by Crippen LogP contribution is -2.52. The third-order valence-corrected chi connectivity index (χ3v) is 4.79. The fraction of sp³-hybridized carbons (Fsp3) is 0.846. The zero-order valence-electron chi connectivity index (χ0n) is 11.7. The Morgan fingerprint density at radius 1 is 1.53 bits per heavy atom. The number of carbonyl (C=O) groups is 2. The summed E-state index contributed by atoms with van der Waals surface area (Å²) in [6, 6.07) is -0.0345. The Balaban J connectivity index is 2.03. The molecule has 2 heterocycles. The van der Waals surface area contributed by atoms with E-state index in [0.29, 0.717) is 12.8 Å². The zero-order chi connectivity index (χ0) is 13.8. The Bertz CT molecular complexity index is 349. The molecule has 2 aliphatic rings. The minimum atomic E-state index is -0.291. The highest BCUT2D eigenvalue weighted by Gasteiger charge is 2.34. The summed E-state index contributed by atoms with van der Waals surface area (Å²) >= 11 is 1.92. The second-order valence-electron chi connectivity index (χ2n) is 5.53. The molecule has 2 amide bonds. The number of rotatable bonds is 3. The van der Waals surface area contributed by atoms with Crippen molar-refractivity contribution in [1.82, 2.24) is 15.1 Å². The van der Waals surface area contributed by atoms with Crippen molar-refractivity contribution in [3.05, 3.63) is 0 Å². The van der Waals surface area contributed by atoms with E-state index in [1.807, 2.05) is 30.8 Å². The molecule has 108 valence electrons. The Morgan fingerprint density at radius 2 is 2.32 bits per heavy atom. The van der Waals surface area contributed by atoms with Gasteiger partial charge in [-0.05, 0) is 32.7 Å². The average molecular weight is 285 g/mol. The fourth-order valence-electron chi connectivity index (χ4n) is 2.69. The van der Waals surface area contributed by atoms with Gasteiger partial charge in [0.1, 0.15) is 6.04 Å². The quantitative estimate of drug-likeness (QED) is 0.803. The third-order valence-electron chi connectivity index (χ3n) is 3.59. The number of hydrogen-bond acceptors (Lipinski definition) is 4. The summed E-state index contributed by atoms with van der Waals surface area (Å²) in [7, 11) is 4.07. The summed E-state index contributed by atoms with van der Waals surface area (Å²) in [6.45, 7) is 1.70. The van der Waals surface area contributed by atoms with Gasteiger partial charge in [-0.1, -0.05) is 0 Å². The van der Waals surface area contributed by atoms with E-state index < -0.39 is 0 Å². The molecule has 2 atom stereocenters. The number of likely N-dealkylation sites (N-methyl/N-ethyl adjacent to an activating group) is 1. The molecule has 0 radical (unpaired) electrons. The van der Waals surface area contributed by atoms with Crippen LogP contribution < -0.4 is 5.32 Å². The van der Waals surface area contributed by atoms with Crippen LogP contribution in [0.5, 0.6) is 0 Å². The monoisotopic (exact) mass is 285 g/mol. The van der Waals surface area contributed by atoms with Gasteiger partial charge in [-0.2, -0.15) is 11.8 Å². The largest absolute Gasteiger partial charge is 0.344 e. The summed E-state index contributed by atoms with van der Waals surface area (Å²) in [5, 5.41) is 2.79. The van der Waals surface area contributed by atoms with Gasteiger partial charge in [0.15, 0.2) is 0 Å². The molecule has 2 aliphatic heterocycles. The van der Waals surface area contributed by atoms with Gasteiger partial charge >= 0.3 is 0 Å².